The van der Waals surface area contributed by atoms with Crippen LogP contribution in [0.25, 0.3) is 0 Å². The van der Waals surface area contributed by atoms with Gasteiger partial charge in [0.05, 0.1) is 17.0 Å². The SMILES string of the molecule is CCc1ccc(N(CC(C)C)S(=O)(=O)c2ccc3c(c2)N(CC2CCOCC2)C(=O)C3)cc1. The van der Waals surface area contributed by atoms with Crippen LogP contribution in [-0.4, -0.2) is 40.6 Å². The third-order valence-corrected chi connectivity index (χ3v) is 8.31. The van der Waals surface area contributed by atoms with Gasteiger partial charge in [-0.3, -0.25) is 9.10 Å². The second-order valence-electron chi connectivity index (χ2n) is 9.48. The Morgan fingerprint density at radius 3 is 2.42 bits per heavy atom. The molecule has 2 aromatic carbocycles. The number of hydrogen-bond acceptors (Lipinski definition) is 4. The summed E-state index contributed by atoms with van der Waals surface area (Å²) in [6.07, 6.45) is 3.08. The number of carbonyl (C=O) groups is 1. The smallest absolute Gasteiger partial charge is 0.264 e. The Hall–Kier alpha value is -2.38. The van der Waals surface area contributed by atoms with Gasteiger partial charge >= 0.3 is 0 Å². The Kier molecular flexibility index (Phi) is 7.10. The highest BCUT2D eigenvalue weighted by molar-refractivity contribution is 7.92. The maximum Gasteiger partial charge on any atom is 0.264 e. The van der Waals surface area contributed by atoms with Crippen LogP contribution in [0.4, 0.5) is 11.4 Å². The van der Waals surface area contributed by atoms with Gasteiger partial charge in [0.15, 0.2) is 0 Å². The van der Waals surface area contributed by atoms with Crippen molar-refractivity contribution in [2.45, 2.75) is 51.3 Å². The van der Waals surface area contributed by atoms with Crippen molar-refractivity contribution in [2.75, 3.05) is 35.5 Å². The van der Waals surface area contributed by atoms with Gasteiger partial charge in [0.25, 0.3) is 10.0 Å². The van der Waals surface area contributed by atoms with Crippen LogP contribution in [0, 0.1) is 11.8 Å². The van der Waals surface area contributed by atoms with Crippen LogP contribution in [0.2, 0.25) is 0 Å². The van der Waals surface area contributed by atoms with E-state index in [1.54, 1.807) is 23.1 Å². The highest BCUT2D eigenvalue weighted by Crippen LogP contribution is 2.35. The van der Waals surface area contributed by atoms with Crippen molar-refractivity contribution in [3.8, 4) is 0 Å². The second-order valence-corrected chi connectivity index (χ2v) is 11.3. The largest absolute Gasteiger partial charge is 0.381 e. The molecule has 4 rings (SSSR count). The number of ether oxygens (including phenoxy) is 1. The minimum absolute atomic E-state index is 0.0419. The highest BCUT2D eigenvalue weighted by Gasteiger charge is 2.33. The van der Waals surface area contributed by atoms with Crippen molar-refractivity contribution in [2.24, 2.45) is 11.8 Å². The molecule has 1 amide bonds. The Bertz CT molecular complexity index is 1090. The number of anilines is 2. The predicted octanol–water partition coefficient (Wildman–Crippen LogP) is 4.42. The van der Waals surface area contributed by atoms with E-state index in [1.807, 2.05) is 38.1 Å². The van der Waals surface area contributed by atoms with Crippen molar-refractivity contribution in [3.63, 3.8) is 0 Å². The summed E-state index contributed by atoms with van der Waals surface area (Å²) in [5.74, 6) is 0.579. The van der Waals surface area contributed by atoms with Crippen molar-refractivity contribution >= 4 is 27.3 Å². The number of aryl methyl sites for hydroxylation is 1. The average Bonchev–Trinajstić information content (AvgIpc) is 3.12. The summed E-state index contributed by atoms with van der Waals surface area (Å²) in [4.78, 5) is 14.8. The Morgan fingerprint density at radius 2 is 1.79 bits per heavy atom. The van der Waals surface area contributed by atoms with Crippen LogP contribution in [0.3, 0.4) is 0 Å². The first kappa shape index (κ1) is 23.8. The summed E-state index contributed by atoms with van der Waals surface area (Å²) < 4.78 is 34.6. The van der Waals surface area contributed by atoms with Crippen LogP contribution in [0.15, 0.2) is 47.4 Å². The van der Waals surface area contributed by atoms with Gasteiger partial charge in [0, 0.05) is 32.0 Å². The zero-order chi connectivity index (χ0) is 23.6. The molecule has 0 atom stereocenters. The summed E-state index contributed by atoms with van der Waals surface area (Å²) in [7, 11) is -3.79. The van der Waals surface area contributed by atoms with Crippen LogP contribution in [0.5, 0.6) is 0 Å². The lowest BCUT2D eigenvalue weighted by Crippen LogP contribution is -2.35. The third kappa shape index (κ3) is 5.09. The summed E-state index contributed by atoms with van der Waals surface area (Å²) >= 11 is 0. The Morgan fingerprint density at radius 1 is 1.09 bits per heavy atom. The minimum Gasteiger partial charge on any atom is -0.381 e. The van der Waals surface area contributed by atoms with Gasteiger partial charge in [0.2, 0.25) is 5.91 Å². The molecule has 7 heteroatoms. The molecular formula is C26H34N2O4S. The van der Waals surface area contributed by atoms with Gasteiger partial charge in [-0.1, -0.05) is 39.0 Å². The van der Waals surface area contributed by atoms with Crippen molar-refractivity contribution < 1.29 is 17.9 Å². The lowest BCUT2D eigenvalue weighted by Gasteiger charge is -2.29. The first-order valence-electron chi connectivity index (χ1n) is 11.9. The predicted molar refractivity (Wildman–Crippen MR) is 131 cm³/mol. The quantitative estimate of drug-likeness (QED) is 0.573. The van der Waals surface area contributed by atoms with Crippen LogP contribution >= 0.6 is 0 Å². The van der Waals surface area contributed by atoms with Crippen LogP contribution in [-0.2, 0) is 32.4 Å². The molecular weight excluding hydrogens is 436 g/mol. The average molecular weight is 471 g/mol. The minimum atomic E-state index is -3.79. The van der Waals surface area contributed by atoms with Crippen molar-refractivity contribution in [1.29, 1.82) is 0 Å². The van der Waals surface area contributed by atoms with Crippen molar-refractivity contribution in [3.05, 3.63) is 53.6 Å². The zero-order valence-corrected chi connectivity index (χ0v) is 20.6. The molecule has 2 heterocycles. The molecule has 0 N–H and O–H groups in total. The van der Waals surface area contributed by atoms with Crippen LogP contribution < -0.4 is 9.21 Å². The maximum absolute atomic E-state index is 13.8. The van der Waals surface area contributed by atoms with E-state index in [9.17, 15) is 13.2 Å². The monoisotopic (exact) mass is 470 g/mol. The Balaban J connectivity index is 1.67. The van der Waals surface area contributed by atoms with Crippen molar-refractivity contribution in [1.82, 2.24) is 0 Å². The van der Waals surface area contributed by atoms with Gasteiger partial charge in [-0.15, -0.1) is 0 Å². The topological polar surface area (TPSA) is 66.9 Å². The lowest BCUT2D eigenvalue weighted by atomic mass is 10.00. The lowest BCUT2D eigenvalue weighted by molar-refractivity contribution is -0.117. The number of fused-ring (bicyclic) bond motifs is 1. The van der Waals surface area contributed by atoms with E-state index in [1.165, 1.54) is 9.87 Å². The number of rotatable bonds is 8. The zero-order valence-electron chi connectivity index (χ0n) is 19.8. The summed E-state index contributed by atoms with van der Waals surface area (Å²) in [6.45, 7) is 8.54. The van der Waals surface area contributed by atoms with E-state index in [2.05, 4.69) is 6.92 Å². The van der Waals surface area contributed by atoms with Gasteiger partial charge in [-0.25, -0.2) is 8.42 Å². The third-order valence-electron chi connectivity index (χ3n) is 6.52. The fraction of sp³-hybridized carbons (Fsp3) is 0.500. The first-order valence-corrected chi connectivity index (χ1v) is 13.4. The summed E-state index contributed by atoms with van der Waals surface area (Å²) in [5, 5.41) is 0. The molecule has 33 heavy (non-hydrogen) atoms. The molecule has 2 aliphatic rings. The van der Waals surface area contributed by atoms with Gasteiger partial charge in [-0.2, -0.15) is 0 Å². The number of benzene rings is 2. The molecule has 2 aliphatic heterocycles. The fourth-order valence-corrected chi connectivity index (χ4v) is 6.23. The van der Waals surface area contributed by atoms with E-state index in [4.69, 9.17) is 4.74 Å². The second kappa shape index (κ2) is 9.85. The van der Waals surface area contributed by atoms with Crippen LogP contribution in [0.1, 0.15) is 44.7 Å². The normalized spacial score (nSPS) is 17.0. The van der Waals surface area contributed by atoms with Gasteiger partial charge in [0.1, 0.15) is 0 Å². The molecule has 6 nitrogen and oxygen atoms in total. The molecule has 178 valence electrons. The molecule has 1 saturated heterocycles. The molecule has 0 unspecified atom stereocenters. The molecule has 0 aliphatic carbocycles. The molecule has 0 radical (unpaired) electrons. The maximum atomic E-state index is 13.8. The van der Waals surface area contributed by atoms with E-state index < -0.39 is 10.0 Å². The highest BCUT2D eigenvalue weighted by atomic mass is 32.2. The number of hydrogen-bond donors (Lipinski definition) is 0. The number of carbonyl (C=O) groups excluding carboxylic acids is 1. The number of sulfonamides is 1. The molecule has 0 spiro atoms. The van der Waals surface area contributed by atoms with E-state index in [-0.39, 0.29) is 16.7 Å². The molecule has 2 aromatic rings. The molecule has 1 fully saturated rings. The van der Waals surface area contributed by atoms with E-state index >= 15 is 0 Å². The first-order chi connectivity index (χ1) is 15.8. The standard InChI is InChI=1S/C26H34N2O4S/c1-4-20-5-8-23(9-6-20)28(17-19(2)3)33(30,31)24-10-7-22-15-26(29)27(25(22)16-24)18-21-11-13-32-14-12-21/h5-10,16,19,21H,4,11-15,17-18H2,1-3H3. The molecule has 0 aromatic heterocycles. The van der Waals surface area contributed by atoms with Gasteiger partial charge in [-0.05, 0) is 66.5 Å². The summed E-state index contributed by atoms with van der Waals surface area (Å²) in [5.41, 5.74) is 3.46. The summed E-state index contributed by atoms with van der Waals surface area (Å²) in [6, 6.07) is 12.9. The van der Waals surface area contributed by atoms with E-state index in [0.29, 0.717) is 31.1 Å². The number of amides is 1. The fourth-order valence-electron chi connectivity index (χ4n) is 4.58. The molecule has 0 bridgehead atoms. The number of nitrogens with zero attached hydrogens (tertiary/aromatic N) is 2. The van der Waals surface area contributed by atoms with Gasteiger partial charge < -0.3 is 9.64 Å². The Labute approximate surface area is 197 Å². The van der Waals surface area contributed by atoms with E-state index in [0.717, 1.165) is 43.7 Å². The molecule has 0 saturated carbocycles.